The number of hydrogen-bond acceptors (Lipinski definition) is 3. The number of carbonyl (C=O) groups excluding carboxylic acids is 1. The van der Waals surface area contributed by atoms with E-state index in [0.717, 1.165) is 32.6 Å². The largest absolute Gasteiger partial charge is 0.377 e. The van der Waals surface area contributed by atoms with Crippen LogP contribution < -0.4 is 5.32 Å². The second kappa shape index (κ2) is 7.43. The zero-order chi connectivity index (χ0) is 10.9. The lowest BCUT2D eigenvalue weighted by molar-refractivity contribution is -0.132. The first-order chi connectivity index (χ1) is 7.34. The van der Waals surface area contributed by atoms with Gasteiger partial charge in [0.15, 0.2) is 0 Å². The lowest BCUT2D eigenvalue weighted by Gasteiger charge is -2.27. The van der Waals surface area contributed by atoms with Gasteiger partial charge in [-0.15, -0.1) is 6.58 Å². The molecule has 0 aliphatic carbocycles. The van der Waals surface area contributed by atoms with Crippen molar-refractivity contribution in [3.8, 4) is 0 Å². The van der Waals surface area contributed by atoms with Gasteiger partial charge in [0.05, 0.1) is 6.61 Å². The molecule has 1 aliphatic rings. The van der Waals surface area contributed by atoms with E-state index in [1.54, 1.807) is 6.08 Å². The van der Waals surface area contributed by atoms with Gasteiger partial charge in [-0.3, -0.25) is 4.79 Å². The van der Waals surface area contributed by atoms with Gasteiger partial charge in [0, 0.05) is 39.2 Å². The van der Waals surface area contributed by atoms with E-state index in [1.807, 2.05) is 4.90 Å². The first-order valence-corrected chi connectivity index (χ1v) is 5.51. The molecule has 0 aromatic rings. The number of carbonyl (C=O) groups is 1. The Morgan fingerprint density at radius 3 is 2.87 bits per heavy atom. The van der Waals surface area contributed by atoms with Gasteiger partial charge < -0.3 is 15.0 Å². The molecule has 0 radical (unpaired) electrons. The highest BCUT2D eigenvalue weighted by Crippen LogP contribution is 2.00. The lowest BCUT2D eigenvalue weighted by Crippen LogP contribution is -2.46. The zero-order valence-corrected chi connectivity index (χ0v) is 9.21. The summed E-state index contributed by atoms with van der Waals surface area (Å²) in [5.74, 6) is 0.249. The Labute approximate surface area is 91.3 Å². The lowest BCUT2D eigenvalue weighted by atomic mass is 10.2. The van der Waals surface area contributed by atoms with Crippen LogP contribution in [0.3, 0.4) is 0 Å². The van der Waals surface area contributed by atoms with Crippen LogP contribution >= 0.6 is 0 Å². The molecular weight excluding hydrogens is 192 g/mol. The number of nitrogens with one attached hydrogen (secondary N) is 1. The Balaban J connectivity index is 2.04. The third kappa shape index (κ3) is 4.95. The Morgan fingerprint density at radius 2 is 2.20 bits per heavy atom. The smallest absolute Gasteiger partial charge is 0.222 e. The predicted octanol–water partition coefficient (Wildman–Crippen LogP) is 0.401. The van der Waals surface area contributed by atoms with Crippen LogP contribution in [0.25, 0.3) is 0 Å². The molecule has 0 bridgehead atoms. The van der Waals surface area contributed by atoms with Crippen LogP contribution in [-0.4, -0.2) is 50.2 Å². The summed E-state index contributed by atoms with van der Waals surface area (Å²) in [5.41, 5.74) is 0. The van der Waals surface area contributed by atoms with Crippen LogP contribution in [0.4, 0.5) is 0 Å². The summed E-state index contributed by atoms with van der Waals surface area (Å²) in [4.78, 5) is 13.6. The Morgan fingerprint density at radius 1 is 1.47 bits per heavy atom. The van der Waals surface area contributed by atoms with Crippen LogP contribution in [0.1, 0.15) is 12.8 Å². The van der Waals surface area contributed by atoms with Gasteiger partial charge in [0.1, 0.15) is 0 Å². The monoisotopic (exact) mass is 212 g/mol. The second-order valence-corrected chi connectivity index (χ2v) is 3.60. The summed E-state index contributed by atoms with van der Waals surface area (Å²) in [6, 6.07) is 0. The molecule has 0 atom stereocenters. The van der Waals surface area contributed by atoms with Crippen molar-refractivity contribution >= 4 is 5.91 Å². The van der Waals surface area contributed by atoms with Gasteiger partial charge >= 0.3 is 0 Å². The van der Waals surface area contributed by atoms with Gasteiger partial charge in [-0.2, -0.15) is 0 Å². The van der Waals surface area contributed by atoms with Gasteiger partial charge in [0.25, 0.3) is 0 Å². The number of rotatable bonds is 6. The highest BCUT2D eigenvalue weighted by molar-refractivity contribution is 5.76. The molecule has 1 saturated heterocycles. The van der Waals surface area contributed by atoms with E-state index >= 15 is 0 Å². The summed E-state index contributed by atoms with van der Waals surface area (Å²) in [6.07, 6.45) is 3.12. The molecule has 1 fully saturated rings. The first-order valence-electron chi connectivity index (χ1n) is 5.51. The molecule has 1 rings (SSSR count). The molecule has 1 N–H and O–H groups in total. The zero-order valence-electron chi connectivity index (χ0n) is 9.21. The number of ether oxygens (including phenoxy) is 1. The molecule has 0 saturated carbocycles. The molecular formula is C11H20N2O2. The Bertz CT molecular complexity index is 201. The number of nitrogens with zero attached hydrogens (tertiary/aromatic N) is 1. The minimum atomic E-state index is 0.249. The maximum atomic E-state index is 11.7. The fraction of sp³-hybridized carbons (Fsp3) is 0.727. The Hall–Kier alpha value is -0.870. The fourth-order valence-corrected chi connectivity index (χ4v) is 1.56. The normalized spacial score (nSPS) is 16.4. The minimum Gasteiger partial charge on any atom is -0.377 e. The van der Waals surface area contributed by atoms with E-state index < -0.39 is 0 Å². The molecule has 1 aliphatic heterocycles. The van der Waals surface area contributed by atoms with E-state index in [2.05, 4.69) is 11.9 Å². The van der Waals surface area contributed by atoms with Crippen LogP contribution in [0.15, 0.2) is 12.7 Å². The highest BCUT2D eigenvalue weighted by atomic mass is 16.5. The molecule has 0 spiro atoms. The number of piperazine rings is 1. The summed E-state index contributed by atoms with van der Waals surface area (Å²) in [7, 11) is 0. The van der Waals surface area contributed by atoms with Crippen molar-refractivity contribution in [2.45, 2.75) is 12.8 Å². The number of amides is 1. The second-order valence-electron chi connectivity index (χ2n) is 3.60. The highest BCUT2D eigenvalue weighted by Gasteiger charge is 2.14. The van der Waals surface area contributed by atoms with E-state index in [9.17, 15) is 4.79 Å². The van der Waals surface area contributed by atoms with Crippen LogP contribution in [0.2, 0.25) is 0 Å². The topological polar surface area (TPSA) is 41.6 Å². The molecule has 0 aromatic heterocycles. The summed E-state index contributed by atoms with van der Waals surface area (Å²) in [6.45, 7) is 8.28. The number of hydrogen-bond donors (Lipinski definition) is 1. The fourth-order valence-electron chi connectivity index (χ4n) is 1.56. The molecule has 4 nitrogen and oxygen atoms in total. The third-order valence-electron chi connectivity index (χ3n) is 2.38. The van der Waals surface area contributed by atoms with E-state index in [-0.39, 0.29) is 5.91 Å². The molecule has 86 valence electrons. The maximum absolute atomic E-state index is 11.7. The van der Waals surface area contributed by atoms with Crippen molar-refractivity contribution in [1.82, 2.24) is 10.2 Å². The van der Waals surface area contributed by atoms with Crippen molar-refractivity contribution in [3.63, 3.8) is 0 Å². The predicted molar refractivity (Wildman–Crippen MR) is 59.7 cm³/mol. The van der Waals surface area contributed by atoms with E-state index in [4.69, 9.17) is 4.74 Å². The third-order valence-corrected chi connectivity index (χ3v) is 2.38. The molecule has 1 heterocycles. The SMILES string of the molecule is C=CCOCCCC(=O)N1CCNCC1. The summed E-state index contributed by atoms with van der Waals surface area (Å²) < 4.78 is 5.22. The van der Waals surface area contributed by atoms with Crippen LogP contribution in [-0.2, 0) is 9.53 Å². The molecule has 1 amide bonds. The van der Waals surface area contributed by atoms with Gasteiger partial charge in [-0.1, -0.05) is 6.08 Å². The van der Waals surface area contributed by atoms with Crippen molar-refractivity contribution in [2.75, 3.05) is 39.4 Å². The molecule has 4 heteroatoms. The van der Waals surface area contributed by atoms with Crippen molar-refractivity contribution in [1.29, 1.82) is 0 Å². The van der Waals surface area contributed by atoms with E-state index in [1.165, 1.54) is 0 Å². The van der Waals surface area contributed by atoms with Crippen LogP contribution in [0, 0.1) is 0 Å². The van der Waals surface area contributed by atoms with Gasteiger partial charge in [0.2, 0.25) is 5.91 Å². The average Bonchev–Trinajstić information content (AvgIpc) is 2.30. The van der Waals surface area contributed by atoms with Gasteiger partial charge in [-0.25, -0.2) is 0 Å². The van der Waals surface area contributed by atoms with Crippen molar-refractivity contribution in [2.24, 2.45) is 0 Å². The van der Waals surface area contributed by atoms with Crippen LogP contribution in [0.5, 0.6) is 0 Å². The molecule has 0 aromatic carbocycles. The molecule has 0 unspecified atom stereocenters. The summed E-state index contributed by atoms with van der Waals surface area (Å²) >= 11 is 0. The molecule has 15 heavy (non-hydrogen) atoms. The quantitative estimate of drug-likeness (QED) is 0.512. The van der Waals surface area contributed by atoms with Gasteiger partial charge in [-0.05, 0) is 6.42 Å². The summed E-state index contributed by atoms with van der Waals surface area (Å²) in [5, 5.41) is 3.22. The average molecular weight is 212 g/mol. The van der Waals surface area contributed by atoms with Crippen molar-refractivity contribution in [3.05, 3.63) is 12.7 Å². The van der Waals surface area contributed by atoms with Crippen molar-refractivity contribution < 1.29 is 9.53 Å². The Kier molecular flexibility index (Phi) is 6.04. The maximum Gasteiger partial charge on any atom is 0.222 e. The van der Waals surface area contributed by atoms with E-state index in [0.29, 0.717) is 19.6 Å². The first kappa shape index (κ1) is 12.2. The standard InChI is InChI=1S/C11H20N2O2/c1-2-9-15-10-3-4-11(14)13-7-5-12-6-8-13/h2,12H,1,3-10H2. The minimum absolute atomic E-state index is 0.249.